The number of ether oxygens (including phenoxy) is 2. The Hall–Kier alpha value is -1.84. The molecule has 0 aliphatic rings. The van der Waals surface area contributed by atoms with Gasteiger partial charge in [0.05, 0.1) is 0 Å². The van der Waals surface area contributed by atoms with Crippen molar-refractivity contribution in [2.24, 2.45) is 0 Å². The third kappa shape index (κ3) is 6.85. The van der Waals surface area contributed by atoms with Crippen molar-refractivity contribution in [3.8, 4) is 5.75 Å². The minimum absolute atomic E-state index is 0.606. The molecule has 3 nitrogen and oxygen atoms in total. The number of benzene rings is 2. The molecule has 0 amide bonds. The first kappa shape index (κ1) is 17.5. The molecule has 0 spiro atoms. The first-order chi connectivity index (χ1) is 11.3. The molecule has 0 radical (unpaired) electrons. The van der Waals surface area contributed by atoms with E-state index < -0.39 is 0 Å². The molecule has 0 atom stereocenters. The highest BCUT2D eigenvalue weighted by Gasteiger charge is 1.98. The third-order valence-corrected chi connectivity index (χ3v) is 3.62. The minimum Gasteiger partial charge on any atom is -0.489 e. The Morgan fingerprint density at radius 2 is 1.61 bits per heavy atom. The Labute approximate surface area is 139 Å². The number of hydrogen-bond donors (Lipinski definition) is 1. The second kappa shape index (κ2) is 10.0. The van der Waals surface area contributed by atoms with Crippen LogP contribution < -0.4 is 10.1 Å². The summed E-state index contributed by atoms with van der Waals surface area (Å²) in [5.41, 5.74) is 3.73. The van der Waals surface area contributed by atoms with Crippen LogP contribution in [0.1, 0.15) is 30.0 Å². The van der Waals surface area contributed by atoms with Crippen LogP contribution >= 0.6 is 0 Å². The molecule has 3 heteroatoms. The molecule has 0 aliphatic carbocycles. The van der Waals surface area contributed by atoms with Gasteiger partial charge in [0.25, 0.3) is 0 Å². The van der Waals surface area contributed by atoms with Gasteiger partial charge in [-0.1, -0.05) is 42.0 Å². The van der Waals surface area contributed by atoms with Crippen LogP contribution in [0.3, 0.4) is 0 Å². The Bertz CT molecular complexity index is 549. The highest BCUT2D eigenvalue weighted by Crippen LogP contribution is 2.14. The molecule has 0 aromatic heterocycles. The van der Waals surface area contributed by atoms with E-state index in [0.717, 1.165) is 38.5 Å². The van der Waals surface area contributed by atoms with Crippen LogP contribution in [0.2, 0.25) is 0 Å². The van der Waals surface area contributed by atoms with Crippen LogP contribution in [-0.4, -0.2) is 19.8 Å². The Morgan fingerprint density at radius 1 is 0.913 bits per heavy atom. The maximum atomic E-state index is 5.82. The molecule has 124 valence electrons. The summed E-state index contributed by atoms with van der Waals surface area (Å²) in [6.45, 7) is 8.20. The van der Waals surface area contributed by atoms with Gasteiger partial charge < -0.3 is 14.8 Å². The fourth-order valence-corrected chi connectivity index (χ4v) is 2.23. The van der Waals surface area contributed by atoms with E-state index in [9.17, 15) is 0 Å². The average molecular weight is 313 g/mol. The molecular weight excluding hydrogens is 286 g/mol. The van der Waals surface area contributed by atoms with Crippen molar-refractivity contribution in [2.45, 2.75) is 33.4 Å². The summed E-state index contributed by atoms with van der Waals surface area (Å²) in [5.74, 6) is 0.908. The van der Waals surface area contributed by atoms with Gasteiger partial charge in [0.1, 0.15) is 12.4 Å². The van der Waals surface area contributed by atoms with Gasteiger partial charge in [0.2, 0.25) is 0 Å². The van der Waals surface area contributed by atoms with E-state index in [0.29, 0.717) is 6.61 Å². The van der Waals surface area contributed by atoms with E-state index in [1.807, 2.05) is 19.1 Å². The quantitative estimate of drug-likeness (QED) is 0.670. The van der Waals surface area contributed by atoms with Gasteiger partial charge in [0.15, 0.2) is 0 Å². The normalized spacial score (nSPS) is 10.7. The second-order valence-electron chi connectivity index (χ2n) is 5.65. The molecular formula is C20H27NO2. The van der Waals surface area contributed by atoms with Crippen LogP contribution in [0.25, 0.3) is 0 Å². The SMILES string of the molecule is CCOCCCNCc1ccc(OCc2ccc(C)cc2)cc1. The van der Waals surface area contributed by atoms with E-state index in [1.54, 1.807) is 0 Å². The lowest BCUT2D eigenvalue weighted by Crippen LogP contribution is -2.16. The van der Waals surface area contributed by atoms with Gasteiger partial charge in [-0.2, -0.15) is 0 Å². The van der Waals surface area contributed by atoms with E-state index in [4.69, 9.17) is 9.47 Å². The number of aryl methyl sites for hydroxylation is 1. The average Bonchev–Trinajstić information content (AvgIpc) is 2.58. The van der Waals surface area contributed by atoms with E-state index in [-0.39, 0.29) is 0 Å². The highest BCUT2D eigenvalue weighted by molar-refractivity contribution is 5.28. The number of rotatable bonds is 10. The predicted octanol–water partition coefficient (Wildman–Crippen LogP) is 4.09. The van der Waals surface area contributed by atoms with Gasteiger partial charge in [-0.25, -0.2) is 0 Å². The minimum atomic E-state index is 0.606. The van der Waals surface area contributed by atoms with Crippen molar-refractivity contribution in [2.75, 3.05) is 19.8 Å². The van der Waals surface area contributed by atoms with Gasteiger partial charge in [-0.05, 0) is 50.1 Å². The lowest BCUT2D eigenvalue weighted by molar-refractivity contribution is 0.144. The maximum absolute atomic E-state index is 5.82. The van der Waals surface area contributed by atoms with Crippen molar-refractivity contribution in [3.63, 3.8) is 0 Å². The monoisotopic (exact) mass is 313 g/mol. The summed E-state index contributed by atoms with van der Waals surface area (Å²) in [6, 6.07) is 16.7. The molecule has 2 aromatic carbocycles. The lowest BCUT2D eigenvalue weighted by Gasteiger charge is -2.08. The highest BCUT2D eigenvalue weighted by atomic mass is 16.5. The fraction of sp³-hybridized carbons (Fsp3) is 0.400. The molecule has 2 rings (SSSR count). The van der Waals surface area contributed by atoms with Crippen LogP contribution in [0.5, 0.6) is 5.75 Å². The van der Waals surface area contributed by atoms with Gasteiger partial charge in [-0.3, -0.25) is 0 Å². The van der Waals surface area contributed by atoms with Crippen LogP contribution in [0.4, 0.5) is 0 Å². The fourth-order valence-electron chi connectivity index (χ4n) is 2.23. The molecule has 2 aromatic rings. The molecule has 0 saturated carbocycles. The summed E-state index contributed by atoms with van der Waals surface area (Å²) >= 11 is 0. The van der Waals surface area contributed by atoms with Crippen molar-refractivity contribution >= 4 is 0 Å². The summed E-state index contributed by atoms with van der Waals surface area (Å²) in [7, 11) is 0. The molecule has 0 bridgehead atoms. The zero-order valence-corrected chi connectivity index (χ0v) is 14.2. The van der Waals surface area contributed by atoms with Gasteiger partial charge in [-0.15, -0.1) is 0 Å². The van der Waals surface area contributed by atoms with Crippen LogP contribution in [0, 0.1) is 6.92 Å². The zero-order chi connectivity index (χ0) is 16.3. The van der Waals surface area contributed by atoms with Crippen LogP contribution in [0.15, 0.2) is 48.5 Å². The molecule has 0 heterocycles. The van der Waals surface area contributed by atoms with Crippen LogP contribution in [-0.2, 0) is 17.9 Å². The zero-order valence-electron chi connectivity index (χ0n) is 14.2. The molecule has 0 saturated heterocycles. The molecule has 23 heavy (non-hydrogen) atoms. The first-order valence-electron chi connectivity index (χ1n) is 8.33. The first-order valence-corrected chi connectivity index (χ1v) is 8.33. The third-order valence-electron chi connectivity index (χ3n) is 3.62. The van der Waals surface area contributed by atoms with Crippen molar-refractivity contribution in [1.29, 1.82) is 0 Å². The predicted molar refractivity (Wildman–Crippen MR) is 94.8 cm³/mol. The summed E-state index contributed by atoms with van der Waals surface area (Å²) in [5, 5.41) is 3.42. The molecule has 0 unspecified atom stereocenters. The Kier molecular flexibility index (Phi) is 7.64. The van der Waals surface area contributed by atoms with E-state index in [1.165, 1.54) is 16.7 Å². The van der Waals surface area contributed by atoms with E-state index in [2.05, 4.69) is 48.6 Å². The van der Waals surface area contributed by atoms with Crippen molar-refractivity contribution < 1.29 is 9.47 Å². The Balaban J connectivity index is 1.68. The van der Waals surface area contributed by atoms with Crippen molar-refractivity contribution in [3.05, 3.63) is 65.2 Å². The summed E-state index contributed by atoms with van der Waals surface area (Å²) in [6.07, 6.45) is 1.05. The van der Waals surface area contributed by atoms with Gasteiger partial charge in [0, 0.05) is 19.8 Å². The molecule has 0 fully saturated rings. The number of hydrogen-bond acceptors (Lipinski definition) is 3. The summed E-state index contributed by atoms with van der Waals surface area (Å²) in [4.78, 5) is 0. The second-order valence-corrected chi connectivity index (χ2v) is 5.65. The smallest absolute Gasteiger partial charge is 0.119 e. The lowest BCUT2D eigenvalue weighted by atomic mass is 10.2. The van der Waals surface area contributed by atoms with Gasteiger partial charge >= 0.3 is 0 Å². The Morgan fingerprint density at radius 3 is 2.30 bits per heavy atom. The van der Waals surface area contributed by atoms with Crippen molar-refractivity contribution in [1.82, 2.24) is 5.32 Å². The standard InChI is InChI=1S/C20H27NO2/c1-3-22-14-4-13-21-15-18-9-11-20(12-10-18)23-16-19-7-5-17(2)6-8-19/h5-12,21H,3-4,13-16H2,1-2H3. The topological polar surface area (TPSA) is 30.5 Å². The van der Waals surface area contributed by atoms with E-state index >= 15 is 0 Å². The maximum Gasteiger partial charge on any atom is 0.119 e. The molecule has 1 N–H and O–H groups in total. The number of nitrogens with one attached hydrogen (secondary N) is 1. The summed E-state index contributed by atoms with van der Waals surface area (Å²) < 4.78 is 11.1. The largest absolute Gasteiger partial charge is 0.489 e. The molecule has 0 aliphatic heterocycles.